The van der Waals surface area contributed by atoms with Crippen LogP contribution in [0.4, 0.5) is 18.3 Å². The second-order valence-corrected chi connectivity index (χ2v) is 6.45. The number of hydrogen-bond acceptors (Lipinski definition) is 6. The number of halogens is 3. The quantitative estimate of drug-likeness (QED) is 0.446. The van der Waals surface area contributed by atoms with Crippen LogP contribution < -0.4 is 14.9 Å². The zero-order chi connectivity index (χ0) is 20.1. The van der Waals surface area contributed by atoms with Gasteiger partial charge in [-0.15, -0.1) is 11.3 Å². The minimum atomic E-state index is -4.35. The van der Waals surface area contributed by atoms with E-state index in [-0.39, 0.29) is 0 Å². The van der Waals surface area contributed by atoms with Crippen molar-refractivity contribution in [1.82, 2.24) is 4.98 Å². The van der Waals surface area contributed by atoms with E-state index in [2.05, 4.69) is 15.5 Å². The highest BCUT2D eigenvalue weighted by Crippen LogP contribution is 2.34. The summed E-state index contributed by atoms with van der Waals surface area (Å²) in [6, 6.07) is 10.2. The van der Waals surface area contributed by atoms with Crippen molar-refractivity contribution < 1.29 is 22.6 Å². The van der Waals surface area contributed by atoms with Crippen molar-refractivity contribution in [3.05, 3.63) is 59.0 Å². The van der Waals surface area contributed by atoms with Crippen LogP contribution in [0.1, 0.15) is 11.1 Å². The van der Waals surface area contributed by atoms with E-state index in [0.717, 1.165) is 17.7 Å². The van der Waals surface area contributed by atoms with Gasteiger partial charge in [-0.25, -0.2) is 4.98 Å². The van der Waals surface area contributed by atoms with Gasteiger partial charge in [-0.3, -0.25) is 5.43 Å². The zero-order valence-corrected chi connectivity index (χ0v) is 15.8. The second kappa shape index (κ2) is 8.30. The van der Waals surface area contributed by atoms with E-state index in [0.29, 0.717) is 27.9 Å². The van der Waals surface area contributed by atoms with Crippen molar-refractivity contribution in [2.45, 2.75) is 6.18 Å². The third-order valence-electron chi connectivity index (χ3n) is 3.80. The van der Waals surface area contributed by atoms with Crippen LogP contribution >= 0.6 is 11.3 Å². The zero-order valence-electron chi connectivity index (χ0n) is 14.9. The summed E-state index contributed by atoms with van der Waals surface area (Å²) >= 11 is 1.34. The SMILES string of the molecule is COc1ccc(-c2csc(N/N=C\c3ccc(C(F)(F)F)cc3)n2)c(OC)c1. The fraction of sp³-hybridized carbons (Fsp3) is 0.158. The molecular formula is C19H16F3N3O2S. The molecule has 0 amide bonds. The number of methoxy groups -OCH3 is 2. The molecular weight excluding hydrogens is 391 g/mol. The molecule has 2 aromatic carbocycles. The second-order valence-electron chi connectivity index (χ2n) is 5.59. The molecule has 0 atom stereocenters. The normalized spacial score (nSPS) is 11.6. The lowest BCUT2D eigenvalue weighted by Gasteiger charge is -2.08. The van der Waals surface area contributed by atoms with Crippen LogP contribution in [-0.2, 0) is 6.18 Å². The van der Waals surface area contributed by atoms with Crippen LogP contribution in [0, 0.1) is 0 Å². The molecule has 0 spiro atoms. The maximum Gasteiger partial charge on any atom is 0.416 e. The predicted octanol–water partition coefficient (Wildman–Crippen LogP) is 5.29. The summed E-state index contributed by atoms with van der Waals surface area (Å²) in [5.41, 5.74) is 4.13. The van der Waals surface area contributed by atoms with Gasteiger partial charge in [-0.1, -0.05) is 12.1 Å². The van der Waals surface area contributed by atoms with E-state index in [1.165, 1.54) is 29.7 Å². The van der Waals surface area contributed by atoms with Crippen LogP contribution in [0.3, 0.4) is 0 Å². The largest absolute Gasteiger partial charge is 0.497 e. The lowest BCUT2D eigenvalue weighted by molar-refractivity contribution is -0.137. The number of alkyl halides is 3. The molecule has 1 N–H and O–H groups in total. The Labute approximate surface area is 163 Å². The number of nitrogens with one attached hydrogen (secondary N) is 1. The minimum absolute atomic E-state index is 0.536. The van der Waals surface area contributed by atoms with Gasteiger partial charge in [-0.2, -0.15) is 18.3 Å². The molecule has 0 aliphatic heterocycles. The Kier molecular flexibility index (Phi) is 5.84. The smallest absolute Gasteiger partial charge is 0.416 e. The molecule has 1 heterocycles. The lowest BCUT2D eigenvalue weighted by Crippen LogP contribution is -2.04. The fourth-order valence-corrected chi connectivity index (χ4v) is 3.04. The topological polar surface area (TPSA) is 55.7 Å². The standard InChI is InChI=1S/C19H16F3N3O2S/c1-26-14-7-8-15(17(9-14)27-2)16-11-28-18(24-16)25-23-10-12-3-5-13(6-4-12)19(20,21)22/h3-11H,1-2H3,(H,24,25)/b23-10-. The van der Waals surface area contributed by atoms with Gasteiger partial charge in [0.2, 0.25) is 5.13 Å². The van der Waals surface area contributed by atoms with Crippen LogP contribution in [0.25, 0.3) is 11.3 Å². The Bertz CT molecular complexity index is 969. The number of thiazole rings is 1. The molecule has 1 aromatic heterocycles. The average molecular weight is 407 g/mol. The molecule has 0 unspecified atom stereocenters. The van der Waals surface area contributed by atoms with Gasteiger partial charge in [0.05, 0.1) is 31.7 Å². The van der Waals surface area contributed by atoms with E-state index < -0.39 is 11.7 Å². The third kappa shape index (κ3) is 4.61. The van der Waals surface area contributed by atoms with Gasteiger partial charge in [0, 0.05) is 17.0 Å². The fourth-order valence-electron chi connectivity index (χ4n) is 2.38. The van der Waals surface area contributed by atoms with Gasteiger partial charge in [0.1, 0.15) is 11.5 Å². The van der Waals surface area contributed by atoms with Gasteiger partial charge < -0.3 is 9.47 Å². The summed E-state index contributed by atoms with van der Waals surface area (Å²) in [6.07, 6.45) is -2.93. The Morgan fingerprint density at radius 2 is 1.82 bits per heavy atom. The average Bonchev–Trinajstić information content (AvgIpc) is 3.16. The van der Waals surface area contributed by atoms with E-state index in [9.17, 15) is 13.2 Å². The van der Waals surface area contributed by atoms with Gasteiger partial charge in [0.25, 0.3) is 0 Å². The summed E-state index contributed by atoms with van der Waals surface area (Å²) in [7, 11) is 3.14. The molecule has 9 heteroatoms. The molecule has 0 fully saturated rings. The molecule has 0 radical (unpaired) electrons. The van der Waals surface area contributed by atoms with Crippen molar-refractivity contribution in [3.63, 3.8) is 0 Å². The maximum absolute atomic E-state index is 12.6. The molecule has 146 valence electrons. The summed E-state index contributed by atoms with van der Waals surface area (Å²) in [4.78, 5) is 4.45. The van der Waals surface area contributed by atoms with Gasteiger partial charge in [-0.05, 0) is 29.8 Å². The Balaban J connectivity index is 1.69. The molecule has 0 aliphatic carbocycles. The van der Waals surface area contributed by atoms with E-state index in [1.807, 2.05) is 17.5 Å². The van der Waals surface area contributed by atoms with Crippen LogP contribution in [0.5, 0.6) is 11.5 Å². The number of hydrogen-bond donors (Lipinski definition) is 1. The Morgan fingerprint density at radius 3 is 2.46 bits per heavy atom. The van der Waals surface area contributed by atoms with Crippen LogP contribution in [0.15, 0.2) is 52.9 Å². The van der Waals surface area contributed by atoms with Crippen LogP contribution in [0.2, 0.25) is 0 Å². The molecule has 0 saturated heterocycles. The number of ether oxygens (including phenoxy) is 2. The van der Waals surface area contributed by atoms with Crippen molar-refractivity contribution >= 4 is 22.7 Å². The van der Waals surface area contributed by atoms with Gasteiger partial charge in [0.15, 0.2) is 0 Å². The number of anilines is 1. The number of rotatable bonds is 6. The van der Waals surface area contributed by atoms with Gasteiger partial charge >= 0.3 is 6.18 Å². The minimum Gasteiger partial charge on any atom is -0.497 e. The highest BCUT2D eigenvalue weighted by molar-refractivity contribution is 7.14. The van der Waals surface area contributed by atoms with Crippen molar-refractivity contribution in [2.75, 3.05) is 19.6 Å². The summed E-state index contributed by atoms with van der Waals surface area (Å²) in [6.45, 7) is 0. The Hall–Kier alpha value is -3.07. The van der Waals surface area contributed by atoms with Crippen molar-refractivity contribution in [3.8, 4) is 22.8 Å². The third-order valence-corrected chi connectivity index (χ3v) is 4.55. The monoisotopic (exact) mass is 407 g/mol. The first-order valence-corrected chi connectivity index (χ1v) is 8.93. The number of nitrogens with zero attached hydrogens (tertiary/aromatic N) is 2. The molecule has 5 nitrogen and oxygen atoms in total. The first kappa shape index (κ1) is 19.7. The first-order chi connectivity index (χ1) is 13.4. The maximum atomic E-state index is 12.6. The van der Waals surface area contributed by atoms with E-state index >= 15 is 0 Å². The van der Waals surface area contributed by atoms with E-state index in [4.69, 9.17) is 9.47 Å². The number of benzene rings is 2. The Morgan fingerprint density at radius 1 is 1.07 bits per heavy atom. The predicted molar refractivity (Wildman–Crippen MR) is 103 cm³/mol. The van der Waals surface area contributed by atoms with E-state index in [1.54, 1.807) is 20.3 Å². The lowest BCUT2D eigenvalue weighted by atomic mass is 10.1. The number of hydrazone groups is 1. The highest BCUT2D eigenvalue weighted by Gasteiger charge is 2.29. The molecule has 3 rings (SSSR count). The molecule has 3 aromatic rings. The number of aromatic nitrogens is 1. The highest BCUT2D eigenvalue weighted by atomic mass is 32.1. The molecule has 0 saturated carbocycles. The molecule has 28 heavy (non-hydrogen) atoms. The van der Waals surface area contributed by atoms with Crippen molar-refractivity contribution in [2.24, 2.45) is 5.10 Å². The summed E-state index contributed by atoms with van der Waals surface area (Å²) in [5.74, 6) is 1.31. The van der Waals surface area contributed by atoms with Crippen LogP contribution in [-0.4, -0.2) is 25.4 Å². The summed E-state index contributed by atoms with van der Waals surface area (Å²) < 4.78 is 48.2. The molecule has 0 aliphatic rings. The molecule has 0 bridgehead atoms. The summed E-state index contributed by atoms with van der Waals surface area (Å²) in [5, 5.41) is 6.41. The van der Waals surface area contributed by atoms with Crippen molar-refractivity contribution in [1.29, 1.82) is 0 Å². The first-order valence-electron chi connectivity index (χ1n) is 8.05.